The highest BCUT2D eigenvalue weighted by Gasteiger charge is 2.14. The number of benzene rings is 2. The molecule has 1 aliphatic rings. The van der Waals surface area contributed by atoms with Gasteiger partial charge in [0.2, 0.25) is 5.88 Å². The first-order chi connectivity index (χ1) is 14.8. The predicted octanol–water partition coefficient (Wildman–Crippen LogP) is 4.77. The summed E-state index contributed by atoms with van der Waals surface area (Å²) < 4.78 is 17.1. The summed E-state index contributed by atoms with van der Waals surface area (Å²) >= 11 is 0. The minimum atomic E-state index is -0.252. The summed E-state index contributed by atoms with van der Waals surface area (Å²) in [6, 6.07) is 16.4. The number of amides is 1. The number of pyridine rings is 1. The molecule has 2 aromatic heterocycles. The fraction of sp³-hybridized carbons (Fsp3) is 0.130. The van der Waals surface area contributed by atoms with Gasteiger partial charge in [-0.1, -0.05) is 6.07 Å². The van der Waals surface area contributed by atoms with Gasteiger partial charge in [-0.05, 0) is 42.5 Å². The number of nitrogens with one attached hydrogen (secondary N) is 2. The number of carbonyl (C=O) groups is 1. The van der Waals surface area contributed by atoms with E-state index in [1.54, 1.807) is 36.5 Å². The summed E-state index contributed by atoms with van der Waals surface area (Å²) in [5.41, 5.74) is 2.05. The summed E-state index contributed by atoms with van der Waals surface area (Å²) in [4.78, 5) is 20.1. The molecule has 7 nitrogen and oxygen atoms in total. The van der Waals surface area contributed by atoms with Crippen molar-refractivity contribution in [3.8, 4) is 23.1 Å². The molecule has 0 saturated heterocycles. The highest BCUT2D eigenvalue weighted by atomic mass is 16.5. The fourth-order valence-corrected chi connectivity index (χ4v) is 3.28. The van der Waals surface area contributed by atoms with Crippen molar-refractivity contribution in [2.75, 3.05) is 18.5 Å². The van der Waals surface area contributed by atoms with Crippen LogP contribution < -0.4 is 19.5 Å². The molecular formula is C23H19N3O4. The fourth-order valence-electron chi connectivity index (χ4n) is 3.28. The molecule has 0 atom stereocenters. The highest BCUT2D eigenvalue weighted by molar-refractivity contribution is 6.04. The Balaban J connectivity index is 1.28. The normalized spacial score (nSPS) is 12.9. The van der Waals surface area contributed by atoms with Crippen LogP contribution in [-0.2, 0) is 0 Å². The zero-order chi connectivity index (χ0) is 20.3. The molecule has 3 heterocycles. The molecule has 150 valence electrons. The third kappa shape index (κ3) is 3.65. The number of nitrogens with zero attached hydrogens (tertiary/aromatic N) is 1. The molecule has 30 heavy (non-hydrogen) atoms. The molecule has 2 N–H and O–H groups in total. The largest absolute Gasteiger partial charge is 0.490 e. The molecule has 0 fully saturated rings. The van der Waals surface area contributed by atoms with Crippen LogP contribution in [-0.4, -0.2) is 29.1 Å². The Bertz CT molecular complexity index is 1200. The third-order valence-electron chi connectivity index (χ3n) is 4.77. The van der Waals surface area contributed by atoms with Crippen LogP contribution in [0.15, 0.2) is 67.0 Å². The van der Waals surface area contributed by atoms with Gasteiger partial charge in [-0.3, -0.25) is 4.79 Å². The van der Waals surface area contributed by atoms with E-state index in [9.17, 15) is 4.79 Å². The van der Waals surface area contributed by atoms with Gasteiger partial charge in [-0.15, -0.1) is 0 Å². The summed E-state index contributed by atoms with van der Waals surface area (Å²) in [6.07, 6.45) is 4.24. The first-order valence-corrected chi connectivity index (χ1v) is 9.67. The van der Waals surface area contributed by atoms with Crippen molar-refractivity contribution in [2.45, 2.75) is 6.42 Å². The van der Waals surface area contributed by atoms with Crippen LogP contribution in [0.25, 0.3) is 10.9 Å². The van der Waals surface area contributed by atoms with Crippen molar-refractivity contribution in [1.29, 1.82) is 0 Å². The quantitative estimate of drug-likeness (QED) is 0.515. The molecule has 1 aliphatic heterocycles. The number of carbonyl (C=O) groups excluding carboxylic acids is 1. The second-order valence-electron chi connectivity index (χ2n) is 6.85. The number of hydrogen-bond acceptors (Lipinski definition) is 5. The van der Waals surface area contributed by atoms with E-state index in [4.69, 9.17) is 14.2 Å². The lowest BCUT2D eigenvalue weighted by molar-refractivity contribution is 0.102. The molecule has 5 rings (SSSR count). The van der Waals surface area contributed by atoms with Gasteiger partial charge >= 0.3 is 0 Å². The smallest absolute Gasteiger partial charge is 0.255 e. The van der Waals surface area contributed by atoms with E-state index in [0.717, 1.165) is 17.3 Å². The Morgan fingerprint density at radius 2 is 1.93 bits per heavy atom. The lowest BCUT2D eigenvalue weighted by Gasteiger charge is -2.10. The Morgan fingerprint density at radius 1 is 1.03 bits per heavy atom. The van der Waals surface area contributed by atoms with E-state index < -0.39 is 0 Å². The topological polar surface area (TPSA) is 85.5 Å². The van der Waals surface area contributed by atoms with Crippen molar-refractivity contribution in [2.24, 2.45) is 0 Å². The van der Waals surface area contributed by atoms with E-state index in [2.05, 4.69) is 15.3 Å². The molecule has 0 unspecified atom stereocenters. The SMILES string of the molecule is O=C(Nc1ccc(Oc2cccc3[nH]ccc23)nc1)c1ccc2c(c1)OCCCO2. The van der Waals surface area contributed by atoms with Gasteiger partial charge in [0.15, 0.2) is 11.5 Å². The Morgan fingerprint density at radius 3 is 2.80 bits per heavy atom. The van der Waals surface area contributed by atoms with Gasteiger partial charge in [0.1, 0.15) is 5.75 Å². The van der Waals surface area contributed by atoms with Gasteiger partial charge in [-0.25, -0.2) is 4.98 Å². The Kier molecular flexibility index (Phi) is 4.69. The van der Waals surface area contributed by atoms with Gasteiger partial charge in [0.05, 0.1) is 25.1 Å². The summed E-state index contributed by atoms with van der Waals surface area (Å²) in [5.74, 6) is 2.14. The maximum absolute atomic E-state index is 12.6. The molecule has 0 radical (unpaired) electrons. The zero-order valence-electron chi connectivity index (χ0n) is 16.1. The standard InChI is InChI=1S/C23H19N3O4/c27-23(15-5-7-20-21(13-15)29-12-2-11-28-20)26-16-6-8-22(25-14-16)30-19-4-1-3-18-17(19)9-10-24-18/h1,3-10,13-14,24H,2,11-12H2,(H,26,27). The summed E-state index contributed by atoms with van der Waals surface area (Å²) in [6.45, 7) is 1.18. The second-order valence-corrected chi connectivity index (χ2v) is 6.85. The Labute approximate surface area is 172 Å². The van der Waals surface area contributed by atoms with Crippen molar-refractivity contribution in [3.05, 3.63) is 72.6 Å². The molecule has 1 amide bonds. The number of H-pyrrole nitrogens is 1. The number of fused-ring (bicyclic) bond motifs is 2. The first kappa shape index (κ1) is 18.1. The van der Waals surface area contributed by atoms with Gasteiger partial charge < -0.3 is 24.5 Å². The summed E-state index contributed by atoms with van der Waals surface area (Å²) in [5, 5.41) is 3.82. The molecule has 0 spiro atoms. The van der Waals surface area contributed by atoms with Gasteiger partial charge in [0, 0.05) is 35.2 Å². The van der Waals surface area contributed by atoms with E-state index in [1.807, 2.05) is 30.5 Å². The van der Waals surface area contributed by atoms with Crippen LogP contribution in [0, 0.1) is 0 Å². The van der Waals surface area contributed by atoms with E-state index in [0.29, 0.717) is 47.6 Å². The number of hydrogen-bond donors (Lipinski definition) is 2. The molecular weight excluding hydrogens is 382 g/mol. The van der Waals surface area contributed by atoms with Crippen LogP contribution >= 0.6 is 0 Å². The average Bonchev–Trinajstić information content (AvgIpc) is 3.13. The number of anilines is 1. The van der Waals surface area contributed by atoms with Gasteiger partial charge in [0.25, 0.3) is 5.91 Å². The van der Waals surface area contributed by atoms with Crippen LogP contribution in [0.1, 0.15) is 16.8 Å². The molecule has 2 aromatic carbocycles. The summed E-state index contributed by atoms with van der Waals surface area (Å²) in [7, 11) is 0. The van der Waals surface area contributed by atoms with E-state index in [1.165, 1.54) is 0 Å². The highest BCUT2D eigenvalue weighted by Crippen LogP contribution is 2.31. The molecule has 0 aliphatic carbocycles. The first-order valence-electron chi connectivity index (χ1n) is 9.67. The van der Waals surface area contributed by atoms with Crippen molar-refractivity contribution in [3.63, 3.8) is 0 Å². The number of aromatic nitrogens is 2. The van der Waals surface area contributed by atoms with Crippen molar-refractivity contribution < 1.29 is 19.0 Å². The third-order valence-corrected chi connectivity index (χ3v) is 4.77. The molecule has 0 saturated carbocycles. The lowest BCUT2D eigenvalue weighted by atomic mass is 10.2. The maximum atomic E-state index is 12.6. The molecule has 7 heteroatoms. The maximum Gasteiger partial charge on any atom is 0.255 e. The minimum absolute atomic E-state index is 0.252. The number of ether oxygens (including phenoxy) is 3. The second kappa shape index (κ2) is 7.79. The minimum Gasteiger partial charge on any atom is -0.490 e. The number of rotatable bonds is 4. The number of aromatic amines is 1. The van der Waals surface area contributed by atoms with Crippen LogP contribution in [0.5, 0.6) is 23.1 Å². The monoisotopic (exact) mass is 401 g/mol. The Hall–Kier alpha value is -4.00. The average molecular weight is 401 g/mol. The van der Waals surface area contributed by atoms with E-state index in [-0.39, 0.29) is 5.91 Å². The lowest BCUT2D eigenvalue weighted by Crippen LogP contribution is -2.12. The van der Waals surface area contributed by atoms with Crippen molar-refractivity contribution >= 4 is 22.5 Å². The van der Waals surface area contributed by atoms with Crippen LogP contribution in [0.2, 0.25) is 0 Å². The molecule has 4 aromatic rings. The van der Waals surface area contributed by atoms with Crippen LogP contribution in [0.4, 0.5) is 5.69 Å². The predicted molar refractivity (Wildman–Crippen MR) is 113 cm³/mol. The van der Waals surface area contributed by atoms with Gasteiger partial charge in [-0.2, -0.15) is 0 Å². The van der Waals surface area contributed by atoms with Crippen LogP contribution in [0.3, 0.4) is 0 Å². The van der Waals surface area contributed by atoms with E-state index >= 15 is 0 Å². The molecule has 0 bridgehead atoms. The van der Waals surface area contributed by atoms with Crippen molar-refractivity contribution in [1.82, 2.24) is 9.97 Å². The zero-order valence-corrected chi connectivity index (χ0v) is 16.1.